The second kappa shape index (κ2) is 11.7. The predicted molar refractivity (Wildman–Crippen MR) is 157 cm³/mol. The summed E-state index contributed by atoms with van der Waals surface area (Å²) in [6.07, 6.45) is -0.179. The van der Waals surface area contributed by atoms with Crippen LogP contribution < -0.4 is 15.0 Å². The van der Waals surface area contributed by atoms with Crippen LogP contribution in [0.4, 0.5) is 13.2 Å². The number of ether oxygens (including phenoxy) is 2. The molecule has 0 saturated carbocycles. The number of benzene rings is 3. The summed E-state index contributed by atoms with van der Waals surface area (Å²) in [7, 11) is 2.84. The van der Waals surface area contributed by atoms with Gasteiger partial charge in [0.05, 0.1) is 24.8 Å². The number of pyridine rings is 1. The monoisotopic (exact) mass is 677 g/mol. The van der Waals surface area contributed by atoms with Gasteiger partial charge in [-0.2, -0.15) is 0 Å². The Bertz CT molecular complexity index is 1650. The minimum atomic E-state index is -0.902. The summed E-state index contributed by atoms with van der Waals surface area (Å²) in [5.41, 5.74) is 0.619. The summed E-state index contributed by atoms with van der Waals surface area (Å²) in [4.78, 5) is 27.9. The molecule has 0 aliphatic carbocycles. The molecule has 2 heterocycles. The molecule has 3 aromatic carbocycles. The van der Waals surface area contributed by atoms with Crippen LogP contribution in [-0.4, -0.2) is 30.3 Å². The molecule has 40 heavy (non-hydrogen) atoms. The van der Waals surface area contributed by atoms with Crippen molar-refractivity contribution >= 4 is 40.1 Å². The van der Waals surface area contributed by atoms with Gasteiger partial charge < -0.3 is 9.47 Å². The third kappa shape index (κ3) is 4.91. The van der Waals surface area contributed by atoms with Crippen molar-refractivity contribution in [3.8, 4) is 22.6 Å². The van der Waals surface area contributed by atoms with E-state index in [9.17, 15) is 18.4 Å². The van der Waals surface area contributed by atoms with Gasteiger partial charge in [-0.25, -0.2) is 13.2 Å². The van der Waals surface area contributed by atoms with Crippen LogP contribution in [0.25, 0.3) is 11.1 Å². The van der Waals surface area contributed by atoms with E-state index in [4.69, 9.17) is 9.47 Å². The van der Waals surface area contributed by atoms with E-state index in [1.165, 1.54) is 60.9 Å². The van der Waals surface area contributed by atoms with Crippen molar-refractivity contribution in [1.29, 1.82) is 0 Å². The highest BCUT2D eigenvalue weighted by Crippen LogP contribution is 2.42. The second-order valence-corrected chi connectivity index (χ2v) is 10.8. The third-order valence-electron chi connectivity index (χ3n) is 6.94. The van der Waals surface area contributed by atoms with Gasteiger partial charge in [0.1, 0.15) is 23.4 Å². The van der Waals surface area contributed by atoms with E-state index in [0.717, 1.165) is 0 Å². The smallest absolute Gasteiger partial charge is 0.260 e. The first kappa shape index (κ1) is 28.3. The topological polar surface area (TPSA) is 57.5 Å². The first-order valence-corrected chi connectivity index (χ1v) is 14.7. The average molecular weight is 677 g/mol. The molecule has 1 aliphatic heterocycles. The molecule has 0 spiro atoms. The highest BCUT2D eigenvalue weighted by molar-refractivity contribution is 14.1. The Morgan fingerprint density at radius 3 is 2.25 bits per heavy atom. The van der Waals surface area contributed by atoms with Crippen molar-refractivity contribution in [3.05, 3.63) is 111 Å². The molecule has 0 N–H and O–H groups in total. The largest absolute Gasteiger partial charge is 0.497 e. The standard InChI is InChI=1S/C30H23F3INO4S/c1-38-17-11-9-16(10-12-17)28(36)24-15-40-30-19(13-20-22(31)6-4-7-23(20)32)21(14-34)26(29(37)35(24)30)18-5-3-8-25(39-2)27(18)33/h3-12,24H,13-15H2,1-2H3. The highest BCUT2D eigenvalue weighted by atomic mass is 127. The van der Waals surface area contributed by atoms with E-state index < -0.39 is 29.1 Å². The van der Waals surface area contributed by atoms with Gasteiger partial charge in [0.2, 0.25) is 0 Å². The molecule has 0 amide bonds. The molecule has 1 unspecified atom stereocenters. The Kier molecular flexibility index (Phi) is 8.27. The number of ketones is 1. The van der Waals surface area contributed by atoms with Gasteiger partial charge in [-0.3, -0.25) is 14.2 Å². The van der Waals surface area contributed by atoms with Crippen LogP contribution in [0.3, 0.4) is 0 Å². The zero-order valence-electron chi connectivity index (χ0n) is 21.5. The Morgan fingerprint density at radius 1 is 0.950 bits per heavy atom. The average Bonchev–Trinajstić information content (AvgIpc) is 3.41. The number of alkyl halides is 1. The van der Waals surface area contributed by atoms with Crippen LogP contribution in [-0.2, 0) is 10.8 Å². The Hall–Kier alpha value is -3.25. The lowest BCUT2D eigenvalue weighted by atomic mass is 9.93. The second-order valence-electron chi connectivity index (χ2n) is 9.06. The van der Waals surface area contributed by atoms with Gasteiger partial charge >= 0.3 is 0 Å². The van der Waals surface area contributed by atoms with Crippen molar-refractivity contribution in [2.45, 2.75) is 21.9 Å². The number of nitrogens with zero attached hydrogens (tertiary/aromatic N) is 1. The number of carbonyl (C=O) groups excluding carboxylic acids is 1. The van der Waals surface area contributed by atoms with Crippen LogP contribution in [0.2, 0.25) is 0 Å². The van der Waals surface area contributed by atoms with Gasteiger partial charge in [-0.05, 0) is 53.6 Å². The fourth-order valence-corrected chi connectivity index (χ4v) is 7.10. The number of thioether (sulfide) groups is 1. The fourth-order valence-electron chi connectivity index (χ4n) is 4.93. The Morgan fingerprint density at radius 2 is 1.62 bits per heavy atom. The first-order valence-electron chi connectivity index (χ1n) is 12.2. The molecule has 1 aliphatic rings. The first-order chi connectivity index (χ1) is 19.3. The van der Waals surface area contributed by atoms with Crippen LogP contribution in [0.5, 0.6) is 11.5 Å². The van der Waals surface area contributed by atoms with Gasteiger partial charge in [0.25, 0.3) is 5.56 Å². The van der Waals surface area contributed by atoms with Crippen molar-refractivity contribution in [2.75, 3.05) is 20.0 Å². The maximum Gasteiger partial charge on any atom is 0.260 e. The van der Waals surface area contributed by atoms with E-state index in [1.807, 2.05) is 0 Å². The number of rotatable bonds is 8. The summed E-state index contributed by atoms with van der Waals surface area (Å²) in [6.45, 7) is 0. The van der Waals surface area contributed by atoms with Crippen molar-refractivity contribution in [3.63, 3.8) is 0 Å². The molecule has 1 atom stereocenters. The van der Waals surface area contributed by atoms with Crippen molar-refractivity contribution in [1.82, 2.24) is 4.57 Å². The van der Waals surface area contributed by atoms with Gasteiger partial charge in [0.15, 0.2) is 17.3 Å². The number of fused-ring (bicyclic) bond motifs is 1. The van der Waals surface area contributed by atoms with Gasteiger partial charge in [-0.1, -0.05) is 40.8 Å². The SMILES string of the molecule is COc1ccc(C(=O)C2CSc3c(Cc4c(F)cccc4F)c(CI)c(-c4cccc(OC)c4F)c(=O)n32)cc1. The fraction of sp³-hybridized carbons (Fsp3) is 0.200. The van der Waals surface area contributed by atoms with E-state index in [1.54, 1.807) is 30.3 Å². The van der Waals surface area contributed by atoms with Gasteiger partial charge in [0, 0.05) is 33.3 Å². The molecular weight excluding hydrogens is 654 g/mol. The molecule has 10 heteroatoms. The molecule has 0 radical (unpaired) electrons. The van der Waals surface area contributed by atoms with Crippen LogP contribution in [0, 0.1) is 17.5 Å². The van der Waals surface area contributed by atoms with Crippen molar-refractivity contribution in [2.24, 2.45) is 0 Å². The zero-order valence-corrected chi connectivity index (χ0v) is 24.4. The molecular formula is C30H23F3INO4S. The number of methoxy groups -OCH3 is 2. The maximum absolute atomic E-state index is 15.6. The Labute approximate surface area is 246 Å². The predicted octanol–water partition coefficient (Wildman–Crippen LogP) is 7.01. The summed E-state index contributed by atoms with van der Waals surface area (Å²) >= 11 is 3.33. The molecule has 4 aromatic rings. The number of aromatic nitrogens is 1. The normalized spacial score (nSPS) is 14.2. The number of hydrogen-bond donors (Lipinski definition) is 0. The lowest BCUT2D eigenvalue weighted by molar-refractivity contribution is 0.0934. The lowest BCUT2D eigenvalue weighted by Crippen LogP contribution is -2.32. The lowest BCUT2D eigenvalue weighted by Gasteiger charge is -2.21. The molecule has 0 saturated heterocycles. The quantitative estimate of drug-likeness (QED) is 0.114. The number of carbonyl (C=O) groups is 1. The van der Waals surface area contributed by atoms with Gasteiger partial charge in [-0.15, -0.1) is 11.8 Å². The minimum absolute atomic E-state index is 0.00545. The van der Waals surface area contributed by atoms with E-state index >= 15 is 4.39 Å². The highest BCUT2D eigenvalue weighted by Gasteiger charge is 2.36. The van der Waals surface area contributed by atoms with Crippen LogP contribution >= 0.6 is 34.4 Å². The summed E-state index contributed by atoms with van der Waals surface area (Å²) in [6, 6.07) is 13.7. The molecule has 0 fully saturated rings. The third-order valence-corrected chi connectivity index (χ3v) is 8.91. The molecule has 206 valence electrons. The number of hydrogen-bond acceptors (Lipinski definition) is 5. The van der Waals surface area contributed by atoms with E-state index in [2.05, 4.69) is 22.6 Å². The Balaban J connectivity index is 1.78. The van der Waals surface area contributed by atoms with Crippen molar-refractivity contribution < 1.29 is 27.4 Å². The minimum Gasteiger partial charge on any atom is -0.497 e. The molecule has 0 bridgehead atoms. The maximum atomic E-state index is 15.6. The molecule has 1 aromatic heterocycles. The number of Topliss-reactive ketones (excluding diaryl/α,β-unsaturated/α-hetero) is 1. The summed E-state index contributed by atoms with van der Waals surface area (Å²) in [5.74, 6) is -1.74. The zero-order chi connectivity index (χ0) is 28.6. The van der Waals surface area contributed by atoms with E-state index in [-0.39, 0.29) is 44.8 Å². The molecule has 5 nitrogen and oxygen atoms in total. The summed E-state index contributed by atoms with van der Waals surface area (Å²) in [5, 5.41) is 0.443. The molecule has 5 rings (SSSR count). The van der Waals surface area contributed by atoms with E-state index in [0.29, 0.717) is 27.5 Å². The summed E-state index contributed by atoms with van der Waals surface area (Å²) < 4.78 is 57.2. The van der Waals surface area contributed by atoms with Crippen LogP contribution in [0.15, 0.2) is 70.5 Å². The van der Waals surface area contributed by atoms with Crippen LogP contribution in [0.1, 0.15) is 33.1 Å². The number of halogens is 4.